The summed E-state index contributed by atoms with van der Waals surface area (Å²) in [7, 11) is 1.08. The second kappa shape index (κ2) is 6.46. The highest BCUT2D eigenvalue weighted by molar-refractivity contribution is 5.93. The number of nitrogen functional groups attached to an aromatic ring is 1. The number of hydrogen-bond donors (Lipinski definition) is 1. The summed E-state index contributed by atoms with van der Waals surface area (Å²) in [4.78, 5) is 28.0. The lowest BCUT2D eigenvalue weighted by Gasteiger charge is -2.16. The number of carbonyl (C=O) groups excluding carboxylic acids is 1. The summed E-state index contributed by atoms with van der Waals surface area (Å²) in [6, 6.07) is 2.24. The maximum Gasteiger partial charge on any atom is 0.573 e. The van der Waals surface area contributed by atoms with E-state index < -0.39 is 29.2 Å². The van der Waals surface area contributed by atoms with Gasteiger partial charge in [0.1, 0.15) is 17.9 Å². The number of aromatic nitrogens is 2. The number of anilines is 1. The molecule has 0 atom stereocenters. The Morgan fingerprint density at radius 1 is 1.24 bits per heavy atom. The predicted octanol–water partition coefficient (Wildman–Crippen LogP) is 2.12. The fourth-order valence-electron chi connectivity index (χ4n) is 2.41. The normalized spacial score (nSPS) is 11.3. The minimum Gasteiger partial charge on any atom is -0.465 e. The number of alkyl halides is 3. The van der Waals surface area contributed by atoms with Crippen LogP contribution in [0.2, 0.25) is 0 Å². The largest absolute Gasteiger partial charge is 0.573 e. The molecule has 7 nitrogen and oxygen atoms in total. The van der Waals surface area contributed by atoms with E-state index in [9.17, 15) is 22.8 Å². The zero-order valence-electron chi connectivity index (χ0n) is 13.5. The fraction of sp³-hybridized carbons (Fsp3) is 0.267. The maximum absolute atomic E-state index is 12.5. The summed E-state index contributed by atoms with van der Waals surface area (Å²) in [5.74, 6) is -1.69. The first-order valence-electron chi connectivity index (χ1n) is 6.88. The number of methoxy groups -OCH3 is 1. The van der Waals surface area contributed by atoms with Gasteiger partial charge in [0.25, 0.3) is 5.56 Å². The third-order valence-corrected chi connectivity index (χ3v) is 3.33. The Labute approximate surface area is 139 Å². The second-order valence-electron chi connectivity index (χ2n) is 5.13. The SMILES string of the molecule is COC(=O)c1c(N)ncn(-c2c(C)cc(OC(F)(F)F)cc2C)c1=O. The van der Waals surface area contributed by atoms with Crippen molar-refractivity contribution >= 4 is 11.8 Å². The van der Waals surface area contributed by atoms with Gasteiger partial charge in [-0.2, -0.15) is 0 Å². The van der Waals surface area contributed by atoms with Crippen LogP contribution >= 0.6 is 0 Å². The Balaban J connectivity index is 2.64. The molecule has 1 aromatic carbocycles. The third kappa shape index (κ3) is 3.73. The molecule has 0 radical (unpaired) electrons. The summed E-state index contributed by atoms with van der Waals surface area (Å²) >= 11 is 0. The van der Waals surface area contributed by atoms with Crippen molar-refractivity contribution < 1.29 is 27.4 Å². The molecule has 0 unspecified atom stereocenters. The van der Waals surface area contributed by atoms with E-state index in [0.717, 1.165) is 30.1 Å². The van der Waals surface area contributed by atoms with E-state index in [0.29, 0.717) is 11.1 Å². The molecule has 2 aromatic rings. The van der Waals surface area contributed by atoms with Gasteiger partial charge < -0.3 is 15.2 Å². The van der Waals surface area contributed by atoms with Crippen molar-refractivity contribution in [2.75, 3.05) is 12.8 Å². The predicted molar refractivity (Wildman–Crippen MR) is 81.7 cm³/mol. The number of hydrogen-bond acceptors (Lipinski definition) is 6. The monoisotopic (exact) mass is 357 g/mol. The van der Waals surface area contributed by atoms with E-state index in [1.54, 1.807) is 0 Å². The van der Waals surface area contributed by atoms with Gasteiger partial charge in [0.05, 0.1) is 12.8 Å². The number of ether oxygens (including phenoxy) is 2. The summed E-state index contributed by atoms with van der Waals surface area (Å²) < 4.78 is 46.5. The highest BCUT2D eigenvalue weighted by atomic mass is 19.4. The lowest BCUT2D eigenvalue weighted by Crippen LogP contribution is -2.29. The van der Waals surface area contributed by atoms with E-state index in [-0.39, 0.29) is 11.5 Å². The maximum atomic E-state index is 12.5. The van der Waals surface area contributed by atoms with Gasteiger partial charge in [-0.3, -0.25) is 9.36 Å². The van der Waals surface area contributed by atoms with Crippen molar-refractivity contribution in [3.05, 3.63) is 45.5 Å². The average molecular weight is 357 g/mol. The first kappa shape index (κ1) is 18.3. The van der Waals surface area contributed by atoms with Gasteiger partial charge in [-0.1, -0.05) is 0 Å². The highest BCUT2D eigenvalue weighted by Crippen LogP contribution is 2.28. The lowest BCUT2D eigenvalue weighted by atomic mass is 10.1. The lowest BCUT2D eigenvalue weighted by molar-refractivity contribution is -0.274. The Morgan fingerprint density at radius 2 is 1.80 bits per heavy atom. The van der Waals surface area contributed by atoms with E-state index in [2.05, 4.69) is 14.5 Å². The van der Waals surface area contributed by atoms with E-state index in [4.69, 9.17) is 5.73 Å². The smallest absolute Gasteiger partial charge is 0.465 e. The van der Waals surface area contributed by atoms with E-state index >= 15 is 0 Å². The van der Waals surface area contributed by atoms with Crippen LogP contribution in [-0.4, -0.2) is 29.0 Å². The number of rotatable bonds is 3. The molecule has 0 amide bonds. The first-order valence-corrected chi connectivity index (χ1v) is 6.88. The molecule has 0 saturated heterocycles. The molecule has 2 N–H and O–H groups in total. The van der Waals surface area contributed by atoms with Crippen molar-refractivity contribution in [2.45, 2.75) is 20.2 Å². The van der Waals surface area contributed by atoms with Gasteiger partial charge in [-0.25, -0.2) is 9.78 Å². The number of nitrogens with two attached hydrogens (primary N) is 1. The standard InChI is InChI=1S/C15H14F3N3O4/c1-7-4-9(25-15(16,17)18)5-8(2)11(7)21-6-20-12(19)10(13(21)22)14(23)24-3/h4-6H,19H2,1-3H3. The van der Waals surface area contributed by atoms with Crippen LogP contribution < -0.4 is 16.0 Å². The number of esters is 1. The van der Waals surface area contributed by atoms with Gasteiger partial charge in [-0.05, 0) is 37.1 Å². The Hall–Kier alpha value is -3.04. The summed E-state index contributed by atoms with van der Waals surface area (Å²) in [6.45, 7) is 2.98. The summed E-state index contributed by atoms with van der Waals surface area (Å²) in [6.07, 6.45) is -3.75. The zero-order valence-corrected chi connectivity index (χ0v) is 13.5. The molecule has 0 aliphatic carbocycles. The Morgan fingerprint density at radius 3 is 2.28 bits per heavy atom. The van der Waals surface area contributed by atoms with Gasteiger partial charge in [0.2, 0.25) is 0 Å². The number of benzene rings is 1. The van der Waals surface area contributed by atoms with E-state index in [1.807, 2.05) is 0 Å². The van der Waals surface area contributed by atoms with Crippen LogP contribution in [0.1, 0.15) is 21.5 Å². The first-order chi connectivity index (χ1) is 11.5. The zero-order chi connectivity index (χ0) is 18.9. The molecule has 0 fully saturated rings. The molecule has 2 rings (SSSR count). The molecular formula is C15H14F3N3O4. The van der Waals surface area contributed by atoms with Crippen molar-refractivity contribution in [3.63, 3.8) is 0 Å². The van der Waals surface area contributed by atoms with Crippen molar-refractivity contribution in [1.82, 2.24) is 9.55 Å². The van der Waals surface area contributed by atoms with Crippen LogP contribution in [0, 0.1) is 13.8 Å². The highest BCUT2D eigenvalue weighted by Gasteiger charge is 2.31. The fourth-order valence-corrected chi connectivity index (χ4v) is 2.41. The Kier molecular flexibility index (Phi) is 4.73. The summed E-state index contributed by atoms with van der Waals surface area (Å²) in [5.41, 5.74) is 5.17. The van der Waals surface area contributed by atoms with Crippen LogP contribution in [0.15, 0.2) is 23.3 Å². The van der Waals surface area contributed by atoms with Gasteiger partial charge in [0, 0.05) is 0 Å². The van der Waals surface area contributed by atoms with Gasteiger partial charge >= 0.3 is 12.3 Å². The molecular weight excluding hydrogens is 343 g/mol. The van der Waals surface area contributed by atoms with Crippen LogP contribution in [0.4, 0.5) is 19.0 Å². The number of aryl methyl sites for hydroxylation is 2. The molecule has 0 bridgehead atoms. The average Bonchev–Trinajstić information content (AvgIpc) is 2.46. The van der Waals surface area contributed by atoms with Crippen LogP contribution in [0.25, 0.3) is 5.69 Å². The number of nitrogens with zero attached hydrogens (tertiary/aromatic N) is 2. The third-order valence-electron chi connectivity index (χ3n) is 3.33. The number of halogens is 3. The summed E-state index contributed by atoms with van der Waals surface area (Å²) in [5, 5.41) is 0. The minimum atomic E-state index is -4.84. The molecule has 25 heavy (non-hydrogen) atoms. The quantitative estimate of drug-likeness (QED) is 0.845. The van der Waals surface area contributed by atoms with Crippen LogP contribution in [-0.2, 0) is 4.74 Å². The number of carbonyl (C=O) groups is 1. The molecule has 0 spiro atoms. The molecule has 1 aromatic heterocycles. The topological polar surface area (TPSA) is 96.4 Å². The van der Waals surface area contributed by atoms with Gasteiger partial charge in [-0.15, -0.1) is 13.2 Å². The van der Waals surface area contributed by atoms with Crippen LogP contribution in [0.5, 0.6) is 5.75 Å². The molecule has 10 heteroatoms. The molecule has 134 valence electrons. The van der Waals surface area contributed by atoms with Gasteiger partial charge in [0.15, 0.2) is 5.56 Å². The minimum absolute atomic E-state index is 0.261. The molecule has 0 saturated carbocycles. The van der Waals surface area contributed by atoms with E-state index in [1.165, 1.54) is 13.8 Å². The van der Waals surface area contributed by atoms with Crippen molar-refractivity contribution in [2.24, 2.45) is 0 Å². The van der Waals surface area contributed by atoms with Crippen LogP contribution in [0.3, 0.4) is 0 Å². The molecule has 0 aliphatic heterocycles. The molecule has 1 heterocycles. The molecule has 0 aliphatic rings. The van der Waals surface area contributed by atoms with Crippen molar-refractivity contribution in [3.8, 4) is 11.4 Å². The Bertz CT molecular complexity index is 868. The second-order valence-corrected chi connectivity index (χ2v) is 5.13. The van der Waals surface area contributed by atoms with Crippen molar-refractivity contribution in [1.29, 1.82) is 0 Å².